The number of likely N-dealkylation sites (tertiary alicyclic amines) is 1. The summed E-state index contributed by atoms with van der Waals surface area (Å²) in [6.45, 7) is 4.09. The number of ether oxygens (including phenoxy) is 1. The minimum atomic E-state index is -0.548. The van der Waals surface area contributed by atoms with Gasteiger partial charge >= 0.3 is 5.97 Å². The number of hydrogen-bond acceptors (Lipinski definition) is 5. The van der Waals surface area contributed by atoms with Crippen molar-refractivity contribution >= 4 is 29.4 Å². The lowest BCUT2D eigenvalue weighted by Gasteiger charge is -2.37. The second-order valence-corrected chi connectivity index (χ2v) is 11.6. The van der Waals surface area contributed by atoms with Gasteiger partial charge < -0.3 is 9.64 Å². The number of hydrogen-bond donors (Lipinski definition) is 0. The fourth-order valence-electron chi connectivity index (χ4n) is 7.51. The number of aryl methyl sites for hydroxylation is 1. The molecule has 6 aliphatic rings. The minimum absolute atomic E-state index is 0.0662. The van der Waals surface area contributed by atoms with Crippen molar-refractivity contribution in [1.29, 1.82) is 0 Å². The van der Waals surface area contributed by atoms with E-state index in [4.69, 9.17) is 4.74 Å². The van der Waals surface area contributed by atoms with Crippen LogP contribution in [0, 0.1) is 48.3 Å². The molecule has 7 nitrogen and oxygen atoms in total. The van der Waals surface area contributed by atoms with Crippen molar-refractivity contribution in [2.75, 3.05) is 11.4 Å². The van der Waals surface area contributed by atoms with Gasteiger partial charge in [-0.2, -0.15) is 0 Å². The van der Waals surface area contributed by atoms with Gasteiger partial charge in [0.2, 0.25) is 17.7 Å². The van der Waals surface area contributed by atoms with Crippen LogP contribution in [0.3, 0.4) is 0 Å². The van der Waals surface area contributed by atoms with Gasteiger partial charge in [0, 0.05) is 13.0 Å². The molecule has 0 unspecified atom stereocenters. The van der Waals surface area contributed by atoms with E-state index in [1.54, 1.807) is 23.1 Å². The number of amides is 3. The Kier molecular flexibility index (Phi) is 5.16. The van der Waals surface area contributed by atoms with Crippen molar-refractivity contribution in [3.8, 4) is 5.75 Å². The Morgan fingerprint density at radius 3 is 2.24 bits per heavy atom. The van der Waals surface area contributed by atoms with Gasteiger partial charge in [-0.25, -0.2) is 4.90 Å². The highest BCUT2D eigenvalue weighted by molar-refractivity contribution is 6.23. The molecule has 0 radical (unpaired) electrons. The SMILES string of the molecule is Cc1cc(OC(=O)[C@@H]2CC(=O)N([C@H](C)c3ccccc3)C2)ccc1N1C(=O)[C@@H]2[C@H]3C=C[C@@H]([C@@H]4C[C@H]34)[C@H]2C1=O. The Morgan fingerprint density at radius 1 is 0.947 bits per heavy atom. The zero-order valence-electron chi connectivity index (χ0n) is 21.4. The molecule has 194 valence electrons. The Labute approximate surface area is 221 Å². The molecule has 2 heterocycles. The summed E-state index contributed by atoms with van der Waals surface area (Å²) in [5.74, 6) is 0.0387. The third kappa shape index (κ3) is 3.40. The average Bonchev–Trinajstić information content (AvgIpc) is 3.60. The van der Waals surface area contributed by atoms with Gasteiger partial charge in [0.15, 0.2) is 0 Å². The molecule has 8 atom stereocenters. The van der Waals surface area contributed by atoms with Crippen LogP contribution < -0.4 is 9.64 Å². The van der Waals surface area contributed by atoms with E-state index in [0.717, 1.165) is 12.0 Å². The maximum atomic E-state index is 13.5. The van der Waals surface area contributed by atoms with Crippen LogP contribution in [0.2, 0.25) is 0 Å². The predicted molar refractivity (Wildman–Crippen MR) is 139 cm³/mol. The third-order valence-corrected chi connectivity index (χ3v) is 9.53. The van der Waals surface area contributed by atoms with E-state index in [1.165, 1.54) is 4.90 Å². The van der Waals surface area contributed by atoms with Crippen molar-refractivity contribution < 1.29 is 23.9 Å². The largest absolute Gasteiger partial charge is 0.426 e. The number of imide groups is 1. The molecule has 4 aliphatic carbocycles. The van der Waals surface area contributed by atoms with Crippen LogP contribution in [-0.2, 0) is 19.2 Å². The third-order valence-electron chi connectivity index (χ3n) is 9.53. The highest BCUT2D eigenvalue weighted by Crippen LogP contribution is 2.65. The maximum absolute atomic E-state index is 13.5. The predicted octanol–water partition coefficient (Wildman–Crippen LogP) is 4.07. The van der Waals surface area contributed by atoms with Crippen molar-refractivity contribution in [2.45, 2.75) is 32.7 Å². The molecule has 4 fully saturated rings. The summed E-state index contributed by atoms with van der Waals surface area (Å²) in [5.41, 5.74) is 2.27. The van der Waals surface area contributed by atoms with Gasteiger partial charge in [0.1, 0.15) is 5.75 Å². The Hall–Kier alpha value is -3.74. The van der Waals surface area contributed by atoms with E-state index in [1.807, 2.05) is 44.2 Å². The first kappa shape index (κ1) is 23.4. The van der Waals surface area contributed by atoms with E-state index in [-0.39, 0.29) is 53.9 Å². The highest BCUT2D eigenvalue weighted by Gasteiger charge is 2.67. The Morgan fingerprint density at radius 2 is 1.61 bits per heavy atom. The molecule has 0 spiro atoms. The number of nitrogens with zero attached hydrogens (tertiary/aromatic N) is 2. The smallest absolute Gasteiger partial charge is 0.316 e. The normalized spacial score (nSPS) is 33.4. The monoisotopic (exact) mass is 510 g/mol. The first-order chi connectivity index (χ1) is 18.3. The van der Waals surface area contributed by atoms with Crippen LogP contribution in [0.25, 0.3) is 0 Å². The number of carbonyl (C=O) groups is 4. The molecule has 0 aromatic heterocycles. The highest BCUT2D eigenvalue weighted by atomic mass is 16.5. The molecule has 2 aromatic carbocycles. The molecule has 7 heteroatoms. The summed E-state index contributed by atoms with van der Waals surface area (Å²) in [4.78, 5) is 55.7. The molecule has 0 N–H and O–H groups in total. The number of benzene rings is 2. The van der Waals surface area contributed by atoms with Crippen LogP contribution in [0.4, 0.5) is 5.69 Å². The van der Waals surface area contributed by atoms with Crippen LogP contribution in [0.5, 0.6) is 5.75 Å². The lowest BCUT2D eigenvalue weighted by Crippen LogP contribution is -2.40. The summed E-state index contributed by atoms with van der Waals surface area (Å²) < 4.78 is 5.67. The lowest BCUT2D eigenvalue weighted by atomic mass is 9.63. The molecule has 2 aliphatic heterocycles. The summed E-state index contributed by atoms with van der Waals surface area (Å²) in [6, 6.07) is 14.7. The van der Waals surface area contributed by atoms with E-state index < -0.39 is 11.9 Å². The van der Waals surface area contributed by atoms with Gasteiger partial charge in [-0.1, -0.05) is 42.5 Å². The van der Waals surface area contributed by atoms with Gasteiger partial charge in [0.25, 0.3) is 0 Å². The Bertz CT molecular complexity index is 1360. The molecular formula is C31H30N2O5. The first-order valence-electron chi connectivity index (χ1n) is 13.6. The quantitative estimate of drug-likeness (QED) is 0.262. The van der Waals surface area contributed by atoms with Crippen molar-refractivity contribution in [3.05, 3.63) is 71.8 Å². The standard InChI is InChI=1S/C31H30N2O5/c1-16-12-20(38-31(37)19-13-26(34)32(15-19)17(2)18-6-4-3-5-7-18)8-11-25(16)33-29(35)27-21-9-10-22(24-14-23(21)24)28(27)30(33)36/h3-12,17,19,21-24,27-28H,13-15H2,1-2H3/t17-,19-,21+,22+,23-,24+,27-,28-/m1/s1. The average molecular weight is 511 g/mol. The van der Waals surface area contributed by atoms with Gasteiger partial charge in [-0.05, 0) is 73.3 Å². The summed E-state index contributed by atoms with van der Waals surface area (Å²) in [6.07, 6.45) is 5.58. The zero-order chi connectivity index (χ0) is 26.3. The number of rotatable bonds is 5. The van der Waals surface area contributed by atoms with Crippen LogP contribution >= 0.6 is 0 Å². The van der Waals surface area contributed by atoms with Crippen LogP contribution in [0.15, 0.2) is 60.7 Å². The number of carbonyl (C=O) groups excluding carboxylic acids is 4. The lowest BCUT2D eigenvalue weighted by molar-refractivity contribution is -0.139. The molecule has 3 amide bonds. The fraction of sp³-hybridized carbons (Fsp3) is 0.419. The minimum Gasteiger partial charge on any atom is -0.426 e. The summed E-state index contributed by atoms with van der Waals surface area (Å²) >= 11 is 0. The molecular weight excluding hydrogens is 480 g/mol. The van der Waals surface area contributed by atoms with Crippen LogP contribution in [-0.4, -0.2) is 35.1 Å². The number of esters is 1. The fourth-order valence-corrected chi connectivity index (χ4v) is 7.51. The van der Waals surface area contributed by atoms with Crippen LogP contribution in [0.1, 0.15) is 36.9 Å². The second kappa shape index (κ2) is 8.38. The molecule has 2 aromatic rings. The molecule has 8 rings (SSSR count). The van der Waals surface area contributed by atoms with Gasteiger partial charge in [-0.15, -0.1) is 0 Å². The molecule has 38 heavy (non-hydrogen) atoms. The van der Waals surface area contributed by atoms with E-state index in [9.17, 15) is 19.2 Å². The molecule has 2 saturated carbocycles. The first-order valence-corrected chi connectivity index (χ1v) is 13.6. The Balaban J connectivity index is 1.05. The molecule has 2 saturated heterocycles. The van der Waals surface area contributed by atoms with Crippen molar-refractivity contribution in [1.82, 2.24) is 4.90 Å². The van der Waals surface area contributed by atoms with E-state index >= 15 is 0 Å². The summed E-state index contributed by atoms with van der Waals surface area (Å²) in [5, 5.41) is 0. The van der Waals surface area contributed by atoms with E-state index in [0.29, 0.717) is 35.4 Å². The van der Waals surface area contributed by atoms with E-state index in [2.05, 4.69) is 12.2 Å². The van der Waals surface area contributed by atoms with Gasteiger partial charge in [-0.3, -0.25) is 19.2 Å². The number of anilines is 1. The van der Waals surface area contributed by atoms with Crippen molar-refractivity contribution in [2.24, 2.45) is 41.4 Å². The van der Waals surface area contributed by atoms with Gasteiger partial charge in [0.05, 0.1) is 29.5 Å². The summed E-state index contributed by atoms with van der Waals surface area (Å²) in [7, 11) is 0. The maximum Gasteiger partial charge on any atom is 0.316 e. The number of allylic oxidation sites excluding steroid dienone is 2. The molecule has 2 bridgehead atoms. The second-order valence-electron chi connectivity index (χ2n) is 11.6. The topological polar surface area (TPSA) is 84.0 Å². The zero-order valence-corrected chi connectivity index (χ0v) is 21.4. The van der Waals surface area contributed by atoms with Crippen molar-refractivity contribution in [3.63, 3.8) is 0 Å².